The molecule has 0 unspecified atom stereocenters. The van der Waals surface area contributed by atoms with E-state index in [1.807, 2.05) is 41.0 Å². The number of carbonyl (C=O) groups is 3. The molecule has 248 valence electrons. The maximum Gasteiger partial charge on any atom is 0.322 e. The summed E-state index contributed by atoms with van der Waals surface area (Å²) in [5.41, 5.74) is 3.45. The topological polar surface area (TPSA) is 88.2 Å². The number of likely N-dealkylation sites (tertiary alicyclic amines) is 3. The van der Waals surface area contributed by atoms with Gasteiger partial charge in [-0.25, -0.2) is 14.0 Å². The number of benzene rings is 2. The highest BCUT2D eigenvalue weighted by Gasteiger charge is 2.35. The first-order valence-electron chi connectivity index (χ1n) is 17.4. The molecule has 4 aliphatic rings. The zero-order valence-electron chi connectivity index (χ0n) is 27.2. The van der Waals surface area contributed by atoms with Gasteiger partial charge in [0.05, 0.1) is 0 Å². The lowest BCUT2D eigenvalue weighted by molar-refractivity contribution is -0.134. The number of nitrogens with zero attached hydrogens (tertiary/aromatic N) is 4. The standard InChI is InChI=1S/C36H49FN6O3/c1-2-27-24-26(10-11-31(27)37)25-33(34(44)41-19-13-29(14-20-41)40-17-6-3-7-18-40)39-35(45)42-21-15-30(16-22-42)43-23-12-28-8-4-5-9-32(28)38-36(43)46/h4-5,8-11,24,29-30,33H,2-3,6-7,12-23,25H2,1H3,(H,38,46)(H,39,45)/t33-/m1/s1. The Balaban J connectivity index is 1.08. The number of urea groups is 2. The molecule has 6 rings (SSSR count). The molecule has 3 fully saturated rings. The fourth-order valence-electron chi connectivity index (χ4n) is 7.78. The van der Waals surface area contributed by atoms with Crippen LogP contribution in [0, 0.1) is 5.82 Å². The van der Waals surface area contributed by atoms with E-state index >= 15 is 0 Å². The molecular weight excluding hydrogens is 583 g/mol. The molecule has 10 heteroatoms. The highest BCUT2D eigenvalue weighted by molar-refractivity contribution is 5.91. The number of amides is 5. The second-order valence-corrected chi connectivity index (χ2v) is 13.4. The van der Waals surface area contributed by atoms with Gasteiger partial charge in [0.1, 0.15) is 11.9 Å². The number of halogens is 1. The van der Waals surface area contributed by atoms with E-state index in [1.54, 1.807) is 11.0 Å². The molecule has 4 heterocycles. The molecule has 0 spiro atoms. The van der Waals surface area contributed by atoms with E-state index in [9.17, 15) is 18.8 Å². The summed E-state index contributed by atoms with van der Waals surface area (Å²) >= 11 is 0. The summed E-state index contributed by atoms with van der Waals surface area (Å²) in [5.74, 6) is -0.314. The largest absolute Gasteiger partial charge is 0.341 e. The van der Waals surface area contributed by atoms with E-state index in [0.717, 1.165) is 49.2 Å². The third-order valence-corrected chi connectivity index (χ3v) is 10.5. The van der Waals surface area contributed by atoms with E-state index in [-0.39, 0.29) is 29.8 Å². The summed E-state index contributed by atoms with van der Waals surface area (Å²) in [6.07, 6.45) is 8.73. The molecule has 1 atom stereocenters. The molecular formula is C36H49FN6O3. The Kier molecular flexibility index (Phi) is 10.4. The maximum absolute atomic E-state index is 14.3. The third kappa shape index (κ3) is 7.48. The fourth-order valence-corrected chi connectivity index (χ4v) is 7.78. The van der Waals surface area contributed by atoms with Crippen molar-refractivity contribution in [2.24, 2.45) is 0 Å². The molecule has 3 saturated heterocycles. The lowest BCUT2D eigenvalue weighted by atomic mass is 9.97. The van der Waals surface area contributed by atoms with Crippen LogP contribution < -0.4 is 10.6 Å². The van der Waals surface area contributed by atoms with E-state index in [4.69, 9.17) is 0 Å². The van der Waals surface area contributed by atoms with Gasteiger partial charge in [-0.15, -0.1) is 0 Å². The second kappa shape index (κ2) is 14.8. The quantitative estimate of drug-likeness (QED) is 0.448. The number of aryl methyl sites for hydroxylation is 1. The van der Waals surface area contributed by atoms with Crippen LogP contribution in [0.3, 0.4) is 0 Å². The highest BCUT2D eigenvalue weighted by atomic mass is 19.1. The van der Waals surface area contributed by atoms with Crippen LogP contribution in [0.25, 0.3) is 0 Å². The van der Waals surface area contributed by atoms with Gasteiger partial charge in [-0.2, -0.15) is 0 Å². The first kappa shape index (κ1) is 32.3. The molecule has 9 nitrogen and oxygen atoms in total. The molecule has 0 radical (unpaired) electrons. The Labute approximate surface area is 272 Å². The molecule has 2 N–H and O–H groups in total. The summed E-state index contributed by atoms with van der Waals surface area (Å²) in [6.45, 7) is 7.23. The third-order valence-electron chi connectivity index (χ3n) is 10.5. The second-order valence-electron chi connectivity index (χ2n) is 13.4. The molecule has 2 aromatic rings. The SMILES string of the molecule is CCc1cc(C[C@@H](NC(=O)N2CCC(N3CCc4ccccc4NC3=O)CC2)C(=O)N2CCC(N3CCCCC3)CC2)ccc1F. The Bertz CT molecular complexity index is 1380. The van der Waals surface area contributed by atoms with Crippen LogP contribution in [0.2, 0.25) is 0 Å². The summed E-state index contributed by atoms with van der Waals surface area (Å²) in [6, 6.07) is 12.4. The molecule has 4 aliphatic heterocycles. The average Bonchev–Trinajstić information content (AvgIpc) is 3.27. The van der Waals surface area contributed by atoms with Gasteiger partial charge in [-0.1, -0.05) is 43.7 Å². The minimum Gasteiger partial charge on any atom is -0.341 e. The van der Waals surface area contributed by atoms with Crippen molar-refractivity contribution in [2.75, 3.05) is 51.1 Å². The molecule has 46 heavy (non-hydrogen) atoms. The van der Waals surface area contributed by atoms with Crippen LogP contribution >= 0.6 is 0 Å². The predicted octanol–water partition coefficient (Wildman–Crippen LogP) is 5.04. The summed E-state index contributed by atoms with van der Waals surface area (Å²) < 4.78 is 14.3. The minimum atomic E-state index is -0.734. The van der Waals surface area contributed by atoms with Crippen molar-refractivity contribution in [3.8, 4) is 0 Å². The zero-order chi connectivity index (χ0) is 32.0. The minimum absolute atomic E-state index is 0.0451. The van der Waals surface area contributed by atoms with Crippen molar-refractivity contribution in [2.45, 2.75) is 89.3 Å². The summed E-state index contributed by atoms with van der Waals surface area (Å²) in [4.78, 5) is 48.9. The Morgan fingerprint density at radius 2 is 1.59 bits per heavy atom. The maximum atomic E-state index is 14.3. The fraction of sp³-hybridized carbons (Fsp3) is 0.583. The van der Waals surface area contributed by atoms with Crippen molar-refractivity contribution in [3.05, 3.63) is 65.0 Å². The van der Waals surface area contributed by atoms with Gasteiger partial charge in [0, 0.05) is 56.9 Å². The molecule has 5 amide bonds. The summed E-state index contributed by atoms with van der Waals surface area (Å²) in [7, 11) is 0. The average molecular weight is 633 g/mol. The van der Waals surface area contributed by atoms with Gasteiger partial charge in [-0.3, -0.25) is 4.79 Å². The monoisotopic (exact) mass is 632 g/mol. The predicted molar refractivity (Wildman–Crippen MR) is 177 cm³/mol. The van der Waals surface area contributed by atoms with E-state index in [1.165, 1.54) is 25.3 Å². The number of hydrogen-bond acceptors (Lipinski definition) is 4. The first-order valence-corrected chi connectivity index (χ1v) is 17.4. The smallest absolute Gasteiger partial charge is 0.322 e. The Hall–Kier alpha value is -3.66. The van der Waals surface area contributed by atoms with Crippen molar-refractivity contribution < 1.29 is 18.8 Å². The molecule has 0 bridgehead atoms. The van der Waals surface area contributed by atoms with Gasteiger partial charge in [0.2, 0.25) is 5.91 Å². The molecule has 0 aliphatic carbocycles. The van der Waals surface area contributed by atoms with Crippen molar-refractivity contribution in [1.29, 1.82) is 0 Å². The van der Waals surface area contributed by atoms with Gasteiger partial charge < -0.3 is 30.2 Å². The van der Waals surface area contributed by atoms with Gasteiger partial charge in [-0.05, 0) is 93.3 Å². The highest BCUT2D eigenvalue weighted by Crippen LogP contribution is 2.26. The van der Waals surface area contributed by atoms with Crippen LogP contribution in [0.4, 0.5) is 19.7 Å². The van der Waals surface area contributed by atoms with Crippen LogP contribution in [0.15, 0.2) is 42.5 Å². The molecule has 0 saturated carbocycles. The normalized spacial score (nSPS) is 20.9. The van der Waals surface area contributed by atoms with Crippen molar-refractivity contribution >= 4 is 23.7 Å². The zero-order valence-corrected chi connectivity index (χ0v) is 27.2. The Morgan fingerprint density at radius 3 is 2.33 bits per heavy atom. The number of carbonyl (C=O) groups excluding carboxylic acids is 3. The van der Waals surface area contributed by atoms with Crippen LogP contribution in [0.1, 0.15) is 68.6 Å². The number of para-hydroxylation sites is 1. The van der Waals surface area contributed by atoms with Crippen molar-refractivity contribution in [1.82, 2.24) is 24.9 Å². The summed E-state index contributed by atoms with van der Waals surface area (Å²) in [5, 5.41) is 6.14. The van der Waals surface area contributed by atoms with Gasteiger partial charge >= 0.3 is 12.1 Å². The van der Waals surface area contributed by atoms with Crippen LogP contribution in [-0.4, -0.2) is 102 Å². The van der Waals surface area contributed by atoms with Crippen molar-refractivity contribution in [3.63, 3.8) is 0 Å². The first-order chi connectivity index (χ1) is 22.4. The number of anilines is 1. The van der Waals surface area contributed by atoms with E-state index in [2.05, 4.69) is 21.6 Å². The van der Waals surface area contributed by atoms with Gasteiger partial charge in [0.25, 0.3) is 0 Å². The van der Waals surface area contributed by atoms with E-state index in [0.29, 0.717) is 70.0 Å². The number of rotatable bonds is 7. The lowest BCUT2D eigenvalue weighted by Gasteiger charge is -2.41. The molecule has 0 aromatic heterocycles. The number of nitrogens with one attached hydrogen (secondary N) is 2. The van der Waals surface area contributed by atoms with Crippen LogP contribution in [0.5, 0.6) is 0 Å². The number of hydrogen-bond donors (Lipinski definition) is 2. The number of piperidine rings is 3. The molecule has 2 aromatic carbocycles. The Morgan fingerprint density at radius 1 is 0.891 bits per heavy atom. The number of fused-ring (bicyclic) bond motifs is 1. The van der Waals surface area contributed by atoms with E-state index < -0.39 is 6.04 Å². The van der Waals surface area contributed by atoms with Crippen LogP contribution in [-0.2, 0) is 24.1 Å². The lowest BCUT2D eigenvalue weighted by Crippen LogP contribution is -2.57. The van der Waals surface area contributed by atoms with Gasteiger partial charge in [0.15, 0.2) is 0 Å².